The van der Waals surface area contributed by atoms with E-state index in [1.807, 2.05) is 42.7 Å². The Morgan fingerprint density at radius 3 is 2.81 bits per heavy atom. The molecule has 0 amide bonds. The lowest BCUT2D eigenvalue weighted by Gasteiger charge is -2.13. The molecule has 1 aromatic carbocycles. The van der Waals surface area contributed by atoms with E-state index in [1.165, 1.54) is 0 Å². The van der Waals surface area contributed by atoms with Crippen LogP contribution in [0.15, 0.2) is 65.5 Å². The summed E-state index contributed by atoms with van der Waals surface area (Å²) in [5.74, 6) is 1.96. The predicted octanol–water partition coefficient (Wildman–Crippen LogP) is 3.49. The Hall–Kier alpha value is -2.33. The maximum absolute atomic E-state index is 5.39. The molecule has 21 heavy (non-hydrogen) atoms. The maximum atomic E-state index is 5.39. The Bertz CT molecular complexity index is 658. The SMILES string of the molecule is CC(NCCn1ccnc1-c1ccccc1)c1ccco1. The molecule has 2 aromatic heterocycles. The molecule has 4 nitrogen and oxygen atoms in total. The molecule has 1 N–H and O–H groups in total. The van der Waals surface area contributed by atoms with E-state index in [0.717, 1.165) is 30.2 Å². The average molecular weight is 281 g/mol. The number of rotatable bonds is 6. The van der Waals surface area contributed by atoms with E-state index >= 15 is 0 Å². The minimum absolute atomic E-state index is 0.212. The van der Waals surface area contributed by atoms with Crippen molar-refractivity contribution >= 4 is 0 Å². The lowest BCUT2D eigenvalue weighted by atomic mass is 10.2. The number of nitrogens with zero attached hydrogens (tertiary/aromatic N) is 2. The molecule has 4 heteroatoms. The minimum atomic E-state index is 0.212. The maximum Gasteiger partial charge on any atom is 0.139 e. The Balaban J connectivity index is 1.61. The normalized spacial score (nSPS) is 12.4. The van der Waals surface area contributed by atoms with Gasteiger partial charge in [-0.25, -0.2) is 4.98 Å². The van der Waals surface area contributed by atoms with Crippen molar-refractivity contribution in [3.8, 4) is 11.4 Å². The standard InChI is InChI=1S/C17H19N3O/c1-14(16-8-5-13-21-16)18-9-11-20-12-10-19-17(20)15-6-3-2-4-7-15/h2-8,10,12-14,18H,9,11H2,1H3. The number of hydrogen-bond donors (Lipinski definition) is 1. The third kappa shape index (κ3) is 3.23. The van der Waals surface area contributed by atoms with Gasteiger partial charge in [0, 0.05) is 31.0 Å². The highest BCUT2D eigenvalue weighted by Crippen LogP contribution is 2.17. The van der Waals surface area contributed by atoms with Gasteiger partial charge in [-0.3, -0.25) is 0 Å². The summed E-state index contributed by atoms with van der Waals surface area (Å²) in [5.41, 5.74) is 1.14. The van der Waals surface area contributed by atoms with Gasteiger partial charge in [0.05, 0.1) is 12.3 Å². The molecule has 0 fully saturated rings. The molecule has 0 spiro atoms. The fourth-order valence-corrected chi connectivity index (χ4v) is 2.38. The summed E-state index contributed by atoms with van der Waals surface area (Å²) in [7, 11) is 0. The lowest BCUT2D eigenvalue weighted by molar-refractivity contribution is 0.424. The summed E-state index contributed by atoms with van der Waals surface area (Å²) >= 11 is 0. The van der Waals surface area contributed by atoms with Gasteiger partial charge in [-0.15, -0.1) is 0 Å². The van der Waals surface area contributed by atoms with E-state index in [9.17, 15) is 0 Å². The van der Waals surface area contributed by atoms with Gasteiger partial charge in [-0.1, -0.05) is 30.3 Å². The summed E-state index contributed by atoms with van der Waals surface area (Å²) in [5, 5.41) is 3.46. The smallest absolute Gasteiger partial charge is 0.139 e. The monoisotopic (exact) mass is 281 g/mol. The fraction of sp³-hybridized carbons (Fsp3) is 0.235. The van der Waals surface area contributed by atoms with Crippen molar-refractivity contribution in [3.05, 3.63) is 66.9 Å². The van der Waals surface area contributed by atoms with Crippen LogP contribution in [0.3, 0.4) is 0 Å². The lowest BCUT2D eigenvalue weighted by Crippen LogP contribution is -2.23. The van der Waals surface area contributed by atoms with Crippen LogP contribution in [0, 0.1) is 0 Å². The molecule has 108 valence electrons. The first-order chi connectivity index (χ1) is 10.3. The summed E-state index contributed by atoms with van der Waals surface area (Å²) in [6.45, 7) is 3.83. The van der Waals surface area contributed by atoms with Gasteiger partial charge in [0.25, 0.3) is 0 Å². The minimum Gasteiger partial charge on any atom is -0.468 e. The first-order valence-corrected chi connectivity index (χ1v) is 7.18. The van der Waals surface area contributed by atoms with Gasteiger partial charge in [0.1, 0.15) is 11.6 Å². The summed E-state index contributed by atoms with van der Waals surface area (Å²) in [6.07, 6.45) is 5.57. The van der Waals surface area contributed by atoms with E-state index in [2.05, 4.69) is 33.9 Å². The molecule has 0 bridgehead atoms. The van der Waals surface area contributed by atoms with Crippen molar-refractivity contribution in [1.82, 2.24) is 14.9 Å². The summed E-state index contributed by atoms with van der Waals surface area (Å²) in [6, 6.07) is 14.4. The van der Waals surface area contributed by atoms with E-state index in [-0.39, 0.29) is 6.04 Å². The number of hydrogen-bond acceptors (Lipinski definition) is 3. The molecular formula is C17H19N3O. The second kappa shape index (κ2) is 6.41. The van der Waals surface area contributed by atoms with Gasteiger partial charge in [-0.2, -0.15) is 0 Å². The zero-order valence-corrected chi connectivity index (χ0v) is 12.1. The van der Waals surface area contributed by atoms with Crippen LogP contribution < -0.4 is 5.32 Å². The number of benzene rings is 1. The van der Waals surface area contributed by atoms with Crippen LogP contribution in [0.4, 0.5) is 0 Å². The van der Waals surface area contributed by atoms with E-state index < -0.39 is 0 Å². The number of nitrogens with one attached hydrogen (secondary N) is 1. The van der Waals surface area contributed by atoms with Crippen LogP contribution in [0.25, 0.3) is 11.4 Å². The molecule has 2 heterocycles. The predicted molar refractivity (Wildman–Crippen MR) is 82.8 cm³/mol. The molecule has 1 unspecified atom stereocenters. The molecule has 3 aromatic rings. The Morgan fingerprint density at radius 2 is 2.05 bits per heavy atom. The molecule has 0 aliphatic heterocycles. The van der Waals surface area contributed by atoms with Crippen molar-refractivity contribution in [3.63, 3.8) is 0 Å². The summed E-state index contributed by atoms with van der Waals surface area (Å²) in [4.78, 5) is 4.45. The molecule has 0 aliphatic rings. The van der Waals surface area contributed by atoms with Crippen molar-refractivity contribution < 1.29 is 4.42 Å². The van der Waals surface area contributed by atoms with Crippen molar-refractivity contribution in [2.24, 2.45) is 0 Å². The molecule has 1 atom stereocenters. The topological polar surface area (TPSA) is 43.0 Å². The zero-order valence-electron chi connectivity index (χ0n) is 12.1. The van der Waals surface area contributed by atoms with Gasteiger partial charge in [-0.05, 0) is 19.1 Å². The highest BCUT2D eigenvalue weighted by atomic mass is 16.3. The summed E-state index contributed by atoms with van der Waals surface area (Å²) < 4.78 is 7.56. The number of aromatic nitrogens is 2. The second-order valence-corrected chi connectivity index (χ2v) is 5.00. The second-order valence-electron chi connectivity index (χ2n) is 5.00. The van der Waals surface area contributed by atoms with Crippen LogP contribution in [0.5, 0.6) is 0 Å². The van der Waals surface area contributed by atoms with Crippen molar-refractivity contribution in [2.75, 3.05) is 6.54 Å². The number of imidazole rings is 1. The first kappa shape index (κ1) is 13.6. The first-order valence-electron chi connectivity index (χ1n) is 7.18. The largest absolute Gasteiger partial charge is 0.468 e. The van der Waals surface area contributed by atoms with Crippen LogP contribution in [0.2, 0.25) is 0 Å². The van der Waals surface area contributed by atoms with Crippen molar-refractivity contribution in [2.45, 2.75) is 19.5 Å². The number of furan rings is 1. The molecule has 0 saturated carbocycles. The Kier molecular flexibility index (Phi) is 4.17. The molecule has 0 radical (unpaired) electrons. The van der Waals surface area contributed by atoms with E-state index in [4.69, 9.17) is 4.42 Å². The average Bonchev–Trinajstić information content (AvgIpc) is 3.20. The van der Waals surface area contributed by atoms with Gasteiger partial charge in [0.15, 0.2) is 0 Å². The highest BCUT2D eigenvalue weighted by Gasteiger charge is 2.08. The van der Waals surface area contributed by atoms with Crippen LogP contribution >= 0.6 is 0 Å². The zero-order chi connectivity index (χ0) is 14.5. The van der Waals surface area contributed by atoms with E-state index in [0.29, 0.717) is 0 Å². The molecule has 0 saturated heterocycles. The van der Waals surface area contributed by atoms with Crippen LogP contribution in [-0.2, 0) is 6.54 Å². The third-order valence-corrected chi connectivity index (χ3v) is 3.52. The third-order valence-electron chi connectivity index (χ3n) is 3.52. The van der Waals surface area contributed by atoms with Gasteiger partial charge >= 0.3 is 0 Å². The highest BCUT2D eigenvalue weighted by molar-refractivity contribution is 5.55. The Morgan fingerprint density at radius 1 is 1.19 bits per heavy atom. The van der Waals surface area contributed by atoms with E-state index in [1.54, 1.807) is 6.26 Å². The quantitative estimate of drug-likeness (QED) is 0.752. The van der Waals surface area contributed by atoms with Gasteiger partial charge in [0.2, 0.25) is 0 Å². The van der Waals surface area contributed by atoms with Crippen molar-refractivity contribution in [1.29, 1.82) is 0 Å². The van der Waals surface area contributed by atoms with Crippen LogP contribution in [-0.4, -0.2) is 16.1 Å². The van der Waals surface area contributed by atoms with Crippen LogP contribution in [0.1, 0.15) is 18.7 Å². The molecule has 3 rings (SSSR count). The molecular weight excluding hydrogens is 262 g/mol. The fourth-order valence-electron chi connectivity index (χ4n) is 2.38. The van der Waals surface area contributed by atoms with Gasteiger partial charge < -0.3 is 14.3 Å². The molecule has 0 aliphatic carbocycles. The Labute approximate surface area is 124 Å².